The standard InChI is InChI=1S/C22H23ClN2O2/c1-2-26-21-9-5-7-18(15-25-14-17-10-12-24-13-11-17)22(21)27-16-19-6-3-4-8-20(19)23/h3-13,25H,2,14-16H2,1H3. The first kappa shape index (κ1) is 19.2. The number of nitrogens with one attached hydrogen (secondary N) is 1. The Morgan fingerprint density at radius 1 is 0.889 bits per heavy atom. The number of rotatable bonds is 9. The summed E-state index contributed by atoms with van der Waals surface area (Å²) in [4.78, 5) is 4.04. The molecule has 0 saturated carbocycles. The lowest BCUT2D eigenvalue weighted by atomic mass is 10.1. The number of para-hydroxylation sites is 1. The van der Waals surface area contributed by atoms with E-state index in [1.54, 1.807) is 12.4 Å². The zero-order valence-corrected chi connectivity index (χ0v) is 16.1. The molecule has 4 nitrogen and oxygen atoms in total. The summed E-state index contributed by atoms with van der Waals surface area (Å²) in [7, 11) is 0. The van der Waals surface area contributed by atoms with E-state index in [-0.39, 0.29) is 0 Å². The van der Waals surface area contributed by atoms with Gasteiger partial charge >= 0.3 is 0 Å². The molecule has 1 aromatic heterocycles. The predicted molar refractivity (Wildman–Crippen MR) is 108 cm³/mol. The zero-order chi connectivity index (χ0) is 18.9. The van der Waals surface area contributed by atoms with Crippen LogP contribution in [0.4, 0.5) is 0 Å². The monoisotopic (exact) mass is 382 g/mol. The van der Waals surface area contributed by atoms with E-state index in [0.717, 1.165) is 29.2 Å². The second-order valence-electron chi connectivity index (χ2n) is 6.02. The van der Waals surface area contributed by atoms with Gasteiger partial charge in [0.1, 0.15) is 6.61 Å². The number of halogens is 1. The molecule has 2 aromatic carbocycles. The van der Waals surface area contributed by atoms with Crippen LogP contribution in [0.5, 0.6) is 11.5 Å². The average Bonchev–Trinajstić information content (AvgIpc) is 2.70. The minimum Gasteiger partial charge on any atom is -0.490 e. The van der Waals surface area contributed by atoms with Crippen LogP contribution in [0.1, 0.15) is 23.6 Å². The van der Waals surface area contributed by atoms with Crippen molar-refractivity contribution in [3.8, 4) is 11.5 Å². The molecule has 1 heterocycles. The molecule has 3 rings (SSSR count). The van der Waals surface area contributed by atoms with Crippen molar-refractivity contribution in [1.29, 1.82) is 0 Å². The molecule has 3 aromatic rings. The molecule has 140 valence electrons. The van der Waals surface area contributed by atoms with E-state index < -0.39 is 0 Å². The number of aromatic nitrogens is 1. The van der Waals surface area contributed by atoms with Crippen LogP contribution in [0.2, 0.25) is 5.02 Å². The average molecular weight is 383 g/mol. The van der Waals surface area contributed by atoms with Crippen LogP contribution in [0, 0.1) is 0 Å². The maximum absolute atomic E-state index is 6.25. The highest BCUT2D eigenvalue weighted by molar-refractivity contribution is 6.31. The van der Waals surface area contributed by atoms with Gasteiger partial charge in [-0.05, 0) is 36.8 Å². The maximum Gasteiger partial charge on any atom is 0.166 e. The van der Waals surface area contributed by atoms with Gasteiger partial charge in [-0.3, -0.25) is 4.98 Å². The van der Waals surface area contributed by atoms with Crippen molar-refractivity contribution in [2.24, 2.45) is 0 Å². The second kappa shape index (κ2) is 9.95. The fraction of sp³-hybridized carbons (Fsp3) is 0.227. The molecule has 0 aliphatic rings. The van der Waals surface area contributed by atoms with Gasteiger partial charge in [-0.15, -0.1) is 0 Å². The highest BCUT2D eigenvalue weighted by atomic mass is 35.5. The lowest BCUT2D eigenvalue weighted by Gasteiger charge is -2.17. The Kier molecular flexibility index (Phi) is 7.08. The minimum atomic E-state index is 0.390. The Hall–Kier alpha value is -2.56. The van der Waals surface area contributed by atoms with Gasteiger partial charge in [0.2, 0.25) is 0 Å². The van der Waals surface area contributed by atoms with Gasteiger partial charge in [-0.1, -0.05) is 41.9 Å². The van der Waals surface area contributed by atoms with Crippen molar-refractivity contribution in [1.82, 2.24) is 10.3 Å². The van der Waals surface area contributed by atoms with Gasteiger partial charge in [0.05, 0.1) is 6.61 Å². The van der Waals surface area contributed by atoms with Crippen LogP contribution in [0.15, 0.2) is 67.0 Å². The number of hydrogen-bond acceptors (Lipinski definition) is 4. The molecular formula is C22H23ClN2O2. The third kappa shape index (κ3) is 5.46. The molecule has 0 atom stereocenters. The van der Waals surface area contributed by atoms with Gasteiger partial charge in [0.25, 0.3) is 0 Å². The van der Waals surface area contributed by atoms with Crippen LogP contribution in [-0.2, 0) is 19.7 Å². The molecule has 0 bridgehead atoms. The van der Waals surface area contributed by atoms with Crippen LogP contribution < -0.4 is 14.8 Å². The van der Waals surface area contributed by atoms with E-state index in [4.69, 9.17) is 21.1 Å². The first-order valence-corrected chi connectivity index (χ1v) is 9.36. The predicted octanol–water partition coefficient (Wildman–Crippen LogP) is 5.00. The highest BCUT2D eigenvalue weighted by Crippen LogP contribution is 2.32. The third-order valence-corrected chi connectivity index (χ3v) is 4.45. The lowest BCUT2D eigenvalue weighted by molar-refractivity contribution is 0.266. The Morgan fingerprint density at radius 3 is 2.44 bits per heavy atom. The van der Waals surface area contributed by atoms with Gasteiger partial charge in [0, 0.05) is 41.6 Å². The summed E-state index contributed by atoms with van der Waals surface area (Å²) >= 11 is 6.25. The second-order valence-corrected chi connectivity index (χ2v) is 6.42. The van der Waals surface area contributed by atoms with Crippen LogP contribution in [0.3, 0.4) is 0 Å². The zero-order valence-electron chi connectivity index (χ0n) is 15.3. The fourth-order valence-corrected chi connectivity index (χ4v) is 2.93. The maximum atomic E-state index is 6.25. The lowest BCUT2D eigenvalue weighted by Crippen LogP contribution is -2.14. The first-order chi connectivity index (χ1) is 13.3. The van der Waals surface area contributed by atoms with Gasteiger partial charge in [-0.2, -0.15) is 0 Å². The summed E-state index contributed by atoms with van der Waals surface area (Å²) in [6.45, 7) is 4.36. The number of nitrogens with zero attached hydrogens (tertiary/aromatic N) is 1. The fourth-order valence-electron chi connectivity index (χ4n) is 2.74. The van der Waals surface area contributed by atoms with Crippen molar-refractivity contribution in [3.05, 3.63) is 88.7 Å². The van der Waals surface area contributed by atoms with Crippen molar-refractivity contribution < 1.29 is 9.47 Å². The molecule has 27 heavy (non-hydrogen) atoms. The van der Waals surface area contributed by atoms with Crippen molar-refractivity contribution in [2.45, 2.75) is 26.6 Å². The van der Waals surface area contributed by atoms with E-state index in [2.05, 4.69) is 10.3 Å². The third-order valence-electron chi connectivity index (χ3n) is 4.08. The molecule has 0 aliphatic heterocycles. The smallest absolute Gasteiger partial charge is 0.166 e. The van der Waals surface area contributed by atoms with Crippen molar-refractivity contribution in [2.75, 3.05) is 6.61 Å². The summed E-state index contributed by atoms with van der Waals surface area (Å²) in [6.07, 6.45) is 3.59. The van der Waals surface area contributed by atoms with Crippen LogP contribution >= 0.6 is 11.6 Å². The SMILES string of the molecule is CCOc1cccc(CNCc2ccncc2)c1OCc1ccccc1Cl. The van der Waals surface area contributed by atoms with Gasteiger partial charge < -0.3 is 14.8 Å². The molecule has 1 N–H and O–H groups in total. The van der Waals surface area contributed by atoms with Crippen LogP contribution in [-0.4, -0.2) is 11.6 Å². The highest BCUT2D eigenvalue weighted by Gasteiger charge is 2.12. The topological polar surface area (TPSA) is 43.4 Å². The molecular weight excluding hydrogens is 360 g/mol. The summed E-state index contributed by atoms with van der Waals surface area (Å²) in [5, 5.41) is 4.15. The quantitative estimate of drug-likeness (QED) is 0.565. The molecule has 5 heteroatoms. The molecule has 0 unspecified atom stereocenters. The molecule has 0 aliphatic carbocycles. The Labute approximate surface area is 165 Å². The summed E-state index contributed by atoms with van der Waals surface area (Å²) < 4.78 is 11.9. The number of ether oxygens (including phenoxy) is 2. The summed E-state index contributed by atoms with van der Waals surface area (Å²) in [6, 6.07) is 17.7. The minimum absolute atomic E-state index is 0.390. The largest absolute Gasteiger partial charge is 0.490 e. The van der Waals surface area contributed by atoms with Crippen molar-refractivity contribution in [3.63, 3.8) is 0 Å². The molecule has 0 spiro atoms. The number of pyridine rings is 1. The first-order valence-electron chi connectivity index (χ1n) is 8.98. The summed E-state index contributed by atoms with van der Waals surface area (Å²) in [5.41, 5.74) is 3.17. The number of benzene rings is 2. The van der Waals surface area contributed by atoms with Crippen molar-refractivity contribution >= 4 is 11.6 Å². The van der Waals surface area contributed by atoms with E-state index in [0.29, 0.717) is 24.8 Å². The normalized spacial score (nSPS) is 10.6. The molecule has 0 fully saturated rings. The molecule has 0 amide bonds. The van der Waals surface area contributed by atoms with E-state index in [1.807, 2.05) is 61.5 Å². The van der Waals surface area contributed by atoms with Crippen LogP contribution in [0.25, 0.3) is 0 Å². The van der Waals surface area contributed by atoms with Gasteiger partial charge in [-0.25, -0.2) is 0 Å². The number of hydrogen-bond donors (Lipinski definition) is 1. The van der Waals surface area contributed by atoms with E-state index in [9.17, 15) is 0 Å². The Balaban J connectivity index is 1.72. The molecule has 0 radical (unpaired) electrons. The Morgan fingerprint density at radius 2 is 1.67 bits per heavy atom. The van der Waals surface area contributed by atoms with E-state index >= 15 is 0 Å². The van der Waals surface area contributed by atoms with E-state index in [1.165, 1.54) is 5.56 Å². The Bertz CT molecular complexity index is 856. The summed E-state index contributed by atoms with van der Waals surface area (Å²) in [5.74, 6) is 1.49. The van der Waals surface area contributed by atoms with Gasteiger partial charge in [0.15, 0.2) is 11.5 Å². The molecule has 0 saturated heterocycles.